The molecular formula is C13H17N5O4S. The van der Waals surface area contributed by atoms with Crippen LogP contribution in [0.3, 0.4) is 0 Å². The molecule has 0 unspecified atom stereocenters. The summed E-state index contributed by atoms with van der Waals surface area (Å²) in [5, 5.41) is 13.6. The molecule has 0 aliphatic rings. The highest BCUT2D eigenvalue weighted by atomic mass is 32.2. The average molecular weight is 339 g/mol. The van der Waals surface area contributed by atoms with Gasteiger partial charge in [-0.05, 0) is 15.5 Å². The first kappa shape index (κ1) is 16.9. The fraction of sp³-hybridized carbons (Fsp3) is 0.308. The van der Waals surface area contributed by atoms with Crippen LogP contribution in [0, 0.1) is 10.1 Å². The number of imidazole rings is 1. The summed E-state index contributed by atoms with van der Waals surface area (Å²) in [7, 11) is -1.85. The number of aromatic nitrogens is 2. The van der Waals surface area contributed by atoms with Gasteiger partial charge in [-0.2, -0.15) is 0 Å². The van der Waals surface area contributed by atoms with Crippen LogP contribution in [0.25, 0.3) is 0 Å². The van der Waals surface area contributed by atoms with Gasteiger partial charge in [0.2, 0.25) is 22.2 Å². The zero-order valence-electron chi connectivity index (χ0n) is 12.5. The van der Waals surface area contributed by atoms with E-state index in [-0.39, 0.29) is 30.5 Å². The number of hydrogen-bond donors (Lipinski definition) is 2. The van der Waals surface area contributed by atoms with Gasteiger partial charge >= 0.3 is 5.82 Å². The molecule has 124 valence electrons. The number of anilines is 1. The molecule has 1 aromatic heterocycles. The number of nitrogens with one attached hydrogen (secondary N) is 2. The summed E-state index contributed by atoms with van der Waals surface area (Å²) in [6, 6.07) is 8.82. The number of aryl methyl sites for hydroxylation is 1. The topological polar surface area (TPSA) is 119 Å². The van der Waals surface area contributed by atoms with Crippen molar-refractivity contribution in [3.63, 3.8) is 0 Å². The van der Waals surface area contributed by atoms with Gasteiger partial charge in [-0.25, -0.2) is 13.1 Å². The van der Waals surface area contributed by atoms with Crippen molar-refractivity contribution >= 4 is 21.7 Å². The Morgan fingerprint density at radius 1 is 1.26 bits per heavy atom. The van der Waals surface area contributed by atoms with Crippen molar-refractivity contribution in [3.8, 4) is 0 Å². The molecule has 23 heavy (non-hydrogen) atoms. The van der Waals surface area contributed by atoms with Gasteiger partial charge in [-0.3, -0.25) is 4.57 Å². The van der Waals surface area contributed by atoms with E-state index < -0.39 is 14.9 Å². The quantitative estimate of drug-likeness (QED) is 0.418. The predicted molar refractivity (Wildman–Crippen MR) is 85.4 cm³/mol. The highest BCUT2D eigenvalue weighted by Crippen LogP contribution is 2.20. The zero-order chi connectivity index (χ0) is 16.9. The molecule has 0 saturated heterocycles. The first-order valence-electron chi connectivity index (χ1n) is 6.80. The Morgan fingerprint density at radius 2 is 1.96 bits per heavy atom. The standard InChI is InChI=1S/C13H17N5O4S/c1-17-10-15-13(18(19)20)12(17)14-7-8-16-23(21,22)9-11-5-3-2-4-6-11/h2-6,10,14,16H,7-9H2,1H3. The Kier molecular flexibility index (Phi) is 5.29. The van der Waals surface area contributed by atoms with Crippen LogP contribution in [-0.4, -0.2) is 36.0 Å². The molecule has 0 spiro atoms. The average Bonchev–Trinajstić information content (AvgIpc) is 2.85. The van der Waals surface area contributed by atoms with Crippen molar-refractivity contribution in [1.82, 2.24) is 14.3 Å². The normalized spacial score (nSPS) is 11.3. The molecule has 0 aliphatic heterocycles. The minimum Gasteiger partial charge on any atom is -0.363 e. The molecule has 9 nitrogen and oxygen atoms in total. The van der Waals surface area contributed by atoms with Gasteiger partial charge < -0.3 is 15.4 Å². The summed E-state index contributed by atoms with van der Waals surface area (Å²) in [4.78, 5) is 13.9. The highest BCUT2D eigenvalue weighted by molar-refractivity contribution is 7.88. The van der Waals surface area contributed by atoms with Gasteiger partial charge in [0, 0.05) is 20.1 Å². The lowest BCUT2D eigenvalue weighted by Crippen LogP contribution is -2.30. The predicted octanol–water partition coefficient (Wildman–Crippen LogP) is 0.860. The molecule has 10 heteroatoms. The molecule has 0 atom stereocenters. The Hall–Kier alpha value is -2.46. The maximum absolute atomic E-state index is 11.9. The molecular weight excluding hydrogens is 322 g/mol. The first-order valence-corrected chi connectivity index (χ1v) is 8.45. The van der Waals surface area contributed by atoms with E-state index in [9.17, 15) is 18.5 Å². The zero-order valence-corrected chi connectivity index (χ0v) is 13.3. The summed E-state index contributed by atoms with van der Waals surface area (Å²) in [6.45, 7) is 0.311. The van der Waals surface area contributed by atoms with Crippen LogP contribution in [0.15, 0.2) is 36.7 Å². The van der Waals surface area contributed by atoms with Crippen molar-refractivity contribution in [2.75, 3.05) is 18.4 Å². The third-order valence-corrected chi connectivity index (χ3v) is 4.39. The van der Waals surface area contributed by atoms with E-state index in [0.717, 1.165) is 0 Å². The van der Waals surface area contributed by atoms with Crippen LogP contribution in [-0.2, 0) is 22.8 Å². The number of nitro groups is 1. The fourth-order valence-electron chi connectivity index (χ4n) is 1.99. The number of rotatable bonds is 8. The van der Waals surface area contributed by atoms with Crippen LogP contribution in [0.2, 0.25) is 0 Å². The van der Waals surface area contributed by atoms with E-state index in [1.807, 2.05) is 6.07 Å². The van der Waals surface area contributed by atoms with Gasteiger partial charge in [-0.1, -0.05) is 30.3 Å². The van der Waals surface area contributed by atoms with E-state index in [1.54, 1.807) is 31.3 Å². The number of benzene rings is 1. The minimum atomic E-state index is -3.46. The minimum absolute atomic E-state index is 0.109. The molecule has 0 fully saturated rings. The van der Waals surface area contributed by atoms with Gasteiger partial charge in [-0.15, -0.1) is 0 Å². The molecule has 0 saturated carbocycles. The SMILES string of the molecule is Cn1cnc([N+](=O)[O-])c1NCCNS(=O)(=O)Cc1ccccc1. The third-order valence-electron chi connectivity index (χ3n) is 3.03. The van der Waals surface area contributed by atoms with Gasteiger partial charge in [0.15, 0.2) is 0 Å². The van der Waals surface area contributed by atoms with Crippen LogP contribution in [0.5, 0.6) is 0 Å². The summed E-state index contributed by atoms with van der Waals surface area (Å²) >= 11 is 0. The van der Waals surface area contributed by atoms with E-state index in [2.05, 4.69) is 15.0 Å². The Morgan fingerprint density at radius 3 is 2.61 bits per heavy atom. The molecule has 1 aromatic carbocycles. The van der Waals surface area contributed by atoms with Crippen molar-refractivity contribution < 1.29 is 13.3 Å². The van der Waals surface area contributed by atoms with Crippen LogP contribution in [0.4, 0.5) is 11.6 Å². The lowest BCUT2D eigenvalue weighted by atomic mass is 10.2. The molecule has 1 heterocycles. The van der Waals surface area contributed by atoms with Crippen LogP contribution in [0.1, 0.15) is 5.56 Å². The highest BCUT2D eigenvalue weighted by Gasteiger charge is 2.19. The van der Waals surface area contributed by atoms with E-state index in [1.165, 1.54) is 10.9 Å². The van der Waals surface area contributed by atoms with Crippen molar-refractivity contribution in [3.05, 3.63) is 52.3 Å². The second-order valence-electron chi connectivity index (χ2n) is 4.85. The molecule has 2 N–H and O–H groups in total. The molecule has 2 aromatic rings. The summed E-state index contributed by atoms with van der Waals surface area (Å²) in [5.74, 6) is -0.170. The Bertz CT molecular complexity index is 773. The van der Waals surface area contributed by atoms with Crippen molar-refractivity contribution in [2.45, 2.75) is 5.75 Å². The lowest BCUT2D eigenvalue weighted by Gasteiger charge is -2.08. The maximum atomic E-state index is 11.9. The number of nitrogens with zero attached hydrogens (tertiary/aromatic N) is 3. The number of hydrogen-bond acceptors (Lipinski definition) is 6. The molecule has 0 aliphatic carbocycles. The largest absolute Gasteiger partial charge is 0.406 e. The Balaban J connectivity index is 1.86. The second-order valence-corrected chi connectivity index (χ2v) is 6.66. The maximum Gasteiger partial charge on any atom is 0.406 e. The second kappa shape index (κ2) is 7.20. The first-order chi connectivity index (χ1) is 10.9. The van der Waals surface area contributed by atoms with E-state index in [0.29, 0.717) is 5.56 Å². The van der Waals surface area contributed by atoms with E-state index >= 15 is 0 Å². The van der Waals surface area contributed by atoms with Crippen LogP contribution < -0.4 is 10.0 Å². The summed E-state index contributed by atoms with van der Waals surface area (Å²) in [5.41, 5.74) is 0.690. The third kappa shape index (κ3) is 4.76. The van der Waals surface area contributed by atoms with Gasteiger partial charge in [0.05, 0.1) is 5.75 Å². The lowest BCUT2D eigenvalue weighted by molar-refractivity contribution is -0.388. The summed E-state index contributed by atoms with van der Waals surface area (Å²) in [6.07, 6.45) is 1.32. The molecule has 2 rings (SSSR count). The molecule has 0 radical (unpaired) electrons. The monoisotopic (exact) mass is 339 g/mol. The fourth-order valence-corrected chi connectivity index (χ4v) is 3.13. The van der Waals surface area contributed by atoms with Gasteiger partial charge in [0.25, 0.3) is 0 Å². The smallest absolute Gasteiger partial charge is 0.363 e. The van der Waals surface area contributed by atoms with Crippen LogP contribution >= 0.6 is 0 Å². The number of sulfonamides is 1. The molecule has 0 bridgehead atoms. The van der Waals surface area contributed by atoms with Crippen molar-refractivity contribution in [1.29, 1.82) is 0 Å². The van der Waals surface area contributed by atoms with Crippen molar-refractivity contribution in [2.24, 2.45) is 7.05 Å². The Labute approximate surface area is 133 Å². The van der Waals surface area contributed by atoms with Gasteiger partial charge in [0.1, 0.15) is 0 Å². The summed E-state index contributed by atoms with van der Waals surface area (Å²) < 4.78 is 27.8. The van der Waals surface area contributed by atoms with E-state index in [4.69, 9.17) is 0 Å². The molecule has 0 amide bonds.